The highest BCUT2D eigenvalue weighted by Crippen LogP contribution is 2.25. The van der Waals surface area contributed by atoms with Crippen molar-refractivity contribution in [1.29, 1.82) is 0 Å². The molecule has 3 N–H and O–H groups in total. The van der Waals surface area contributed by atoms with Gasteiger partial charge in [-0.2, -0.15) is 5.10 Å². The number of aromatic nitrogens is 4. The first-order valence-corrected chi connectivity index (χ1v) is 7.13. The summed E-state index contributed by atoms with van der Waals surface area (Å²) in [5, 5.41) is 15.1. The second kappa shape index (κ2) is 5.10. The monoisotopic (exact) mass is 299 g/mol. The third-order valence-corrected chi connectivity index (χ3v) is 4.06. The maximum absolute atomic E-state index is 11.9. The number of anilines is 1. The number of nitrogens with zero attached hydrogens (tertiary/aromatic N) is 3. The summed E-state index contributed by atoms with van der Waals surface area (Å²) in [6, 6.07) is 7.75. The number of aromatic amines is 1. The van der Waals surface area contributed by atoms with Gasteiger partial charge in [0.1, 0.15) is 0 Å². The van der Waals surface area contributed by atoms with E-state index in [1.54, 1.807) is 6.07 Å². The lowest BCUT2D eigenvalue weighted by molar-refractivity contribution is 0.992. The standard InChI is InChI=1S/C14H13N5OS/c1-7-3-4-9(5-8(7)2)11-6-10(12(20)17-16-11)13-18-19-14(15)21-13/h3-6H,1-2H3,(H2,15,19)(H,17,20). The Morgan fingerprint density at radius 2 is 1.95 bits per heavy atom. The molecular weight excluding hydrogens is 286 g/mol. The summed E-state index contributed by atoms with van der Waals surface area (Å²) in [7, 11) is 0. The number of H-pyrrole nitrogens is 1. The van der Waals surface area contributed by atoms with E-state index in [4.69, 9.17) is 5.73 Å². The van der Waals surface area contributed by atoms with Crippen molar-refractivity contribution < 1.29 is 0 Å². The van der Waals surface area contributed by atoms with E-state index >= 15 is 0 Å². The predicted molar refractivity (Wildman–Crippen MR) is 83.1 cm³/mol. The molecule has 6 nitrogen and oxygen atoms in total. The van der Waals surface area contributed by atoms with E-state index in [2.05, 4.69) is 27.3 Å². The van der Waals surface area contributed by atoms with E-state index in [1.807, 2.05) is 25.1 Å². The fourth-order valence-electron chi connectivity index (χ4n) is 1.96. The van der Waals surface area contributed by atoms with E-state index < -0.39 is 0 Å². The van der Waals surface area contributed by atoms with Gasteiger partial charge in [-0.05, 0) is 37.1 Å². The molecule has 106 valence electrons. The van der Waals surface area contributed by atoms with Crippen LogP contribution in [0, 0.1) is 13.8 Å². The summed E-state index contributed by atoms with van der Waals surface area (Å²) in [6.45, 7) is 4.09. The average Bonchev–Trinajstić information content (AvgIpc) is 2.89. The van der Waals surface area contributed by atoms with Crippen LogP contribution >= 0.6 is 11.3 Å². The van der Waals surface area contributed by atoms with Crippen LogP contribution in [-0.2, 0) is 0 Å². The molecule has 0 saturated carbocycles. The van der Waals surface area contributed by atoms with Crippen LogP contribution in [0.25, 0.3) is 21.8 Å². The lowest BCUT2D eigenvalue weighted by Gasteiger charge is -2.05. The maximum atomic E-state index is 11.9. The zero-order chi connectivity index (χ0) is 15.0. The Balaban J connectivity index is 2.13. The van der Waals surface area contributed by atoms with E-state index in [-0.39, 0.29) is 5.56 Å². The van der Waals surface area contributed by atoms with Crippen LogP contribution in [0.5, 0.6) is 0 Å². The Labute approximate surface area is 124 Å². The van der Waals surface area contributed by atoms with E-state index in [0.29, 0.717) is 21.4 Å². The normalized spacial score (nSPS) is 10.8. The third kappa shape index (κ3) is 2.55. The lowest BCUT2D eigenvalue weighted by atomic mass is 10.0. The SMILES string of the molecule is Cc1ccc(-c2cc(-c3nnc(N)s3)c(=O)[nH]n2)cc1C. The average molecular weight is 299 g/mol. The Morgan fingerprint density at radius 1 is 1.14 bits per heavy atom. The van der Waals surface area contributed by atoms with Crippen LogP contribution in [0.15, 0.2) is 29.1 Å². The number of nitrogen functional groups attached to an aromatic ring is 1. The summed E-state index contributed by atoms with van der Waals surface area (Å²) in [5.41, 5.74) is 9.68. The molecule has 1 aromatic carbocycles. The highest BCUT2D eigenvalue weighted by Gasteiger charge is 2.12. The molecule has 3 rings (SSSR count). The van der Waals surface area contributed by atoms with E-state index in [1.165, 1.54) is 22.5 Å². The molecule has 0 saturated heterocycles. The van der Waals surface area contributed by atoms with Gasteiger partial charge in [-0.3, -0.25) is 4.79 Å². The maximum Gasteiger partial charge on any atom is 0.274 e. The van der Waals surface area contributed by atoms with Crippen molar-refractivity contribution in [3.63, 3.8) is 0 Å². The Hall–Kier alpha value is -2.54. The highest BCUT2D eigenvalue weighted by atomic mass is 32.1. The molecule has 0 atom stereocenters. The zero-order valence-corrected chi connectivity index (χ0v) is 12.4. The van der Waals surface area contributed by atoms with Gasteiger partial charge in [0, 0.05) is 5.56 Å². The van der Waals surface area contributed by atoms with Crippen LogP contribution in [-0.4, -0.2) is 20.4 Å². The summed E-state index contributed by atoms with van der Waals surface area (Å²) < 4.78 is 0. The largest absolute Gasteiger partial charge is 0.374 e. The van der Waals surface area contributed by atoms with Gasteiger partial charge in [-0.1, -0.05) is 23.5 Å². The zero-order valence-electron chi connectivity index (χ0n) is 11.5. The van der Waals surface area contributed by atoms with Crippen molar-refractivity contribution in [2.24, 2.45) is 0 Å². The first-order chi connectivity index (χ1) is 10.0. The smallest absolute Gasteiger partial charge is 0.274 e. The van der Waals surface area contributed by atoms with Crippen molar-refractivity contribution in [3.05, 3.63) is 45.7 Å². The number of rotatable bonds is 2. The van der Waals surface area contributed by atoms with Crippen LogP contribution < -0.4 is 11.3 Å². The molecule has 0 aliphatic heterocycles. The van der Waals surface area contributed by atoms with E-state index in [9.17, 15) is 4.79 Å². The minimum absolute atomic E-state index is 0.307. The molecule has 0 bridgehead atoms. The Kier molecular flexibility index (Phi) is 3.26. The predicted octanol–water partition coefficient (Wildman–Crippen LogP) is 2.15. The van der Waals surface area contributed by atoms with Gasteiger partial charge >= 0.3 is 0 Å². The quantitative estimate of drug-likeness (QED) is 0.755. The lowest BCUT2D eigenvalue weighted by Crippen LogP contribution is -2.11. The fraction of sp³-hybridized carbons (Fsp3) is 0.143. The molecule has 2 heterocycles. The van der Waals surface area contributed by atoms with Crippen LogP contribution in [0.1, 0.15) is 11.1 Å². The van der Waals surface area contributed by atoms with Crippen molar-refractivity contribution >= 4 is 16.5 Å². The molecule has 0 aliphatic carbocycles. The van der Waals surface area contributed by atoms with Gasteiger partial charge in [0.05, 0.1) is 11.3 Å². The number of nitrogens with one attached hydrogen (secondary N) is 1. The second-order valence-corrected chi connectivity index (χ2v) is 5.75. The van der Waals surface area contributed by atoms with Crippen molar-refractivity contribution in [2.75, 3.05) is 5.73 Å². The van der Waals surface area contributed by atoms with Gasteiger partial charge < -0.3 is 5.73 Å². The third-order valence-electron chi connectivity index (χ3n) is 3.28. The summed E-state index contributed by atoms with van der Waals surface area (Å²) in [5.74, 6) is 0. The van der Waals surface area contributed by atoms with Gasteiger partial charge in [-0.25, -0.2) is 5.10 Å². The van der Waals surface area contributed by atoms with Crippen LogP contribution in [0.2, 0.25) is 0 Å². The topological polar surface area (TPSA) is 97.5 Å². The molecule has 2 aromatic heterocycles. The van der Waals surface area contributed by atoms with Crippen molar-refractivity contribution in [3.8, 4) is 21.8 Å². The van der Waals surface area contributed by atoms with Gasteiger partial charge in [-0.15, -0.1) is 10.2 Å². The molecule has 0 aliphatic rings. The van der Waals surface area contributed by atoms with Crippen molar-refractivity contribution in [1.82, 2.24) is 20.4 Å². The second-order valence-electron chi connectivity index (χ2n) is 4.74. The summed E-state index contributed by atoms with van der Waals surface area (Å²) in [6.07, 6.45) is 0. The Morgan fingerprint density at radius 3 is 2.62 bits per heavy atom. The summed E-state index contributed by atoms with van der Waals surface area (Å²) >= 11 is 1.17. The number of hydrogen-bond acceptors (Lipinski definition) is 6. The molecule has 0 amide bonds. The molecule has 0 radical (unpaired) electrons. The van der Waals surface area contributed by atoms with Gasteiger partial charge in [0.2, 0.25) is 5.13 Å². The molecule has 7 heteroatoms. The van der Waals surface area contributed by atoms with Crippen LogP contribution in [0.4, 0.5) is 5.13 Å². The number of aryl methyl sites for hydroxylation is 2. The first kappa shape index (κ1) is 13.4. The molecular formula is C14H13N5OS. The molecule has 21 heavy (non-hydrogen) atoms. The highest BCUT2D eigenvalue weighted by molar-refractivity contribution is 7.18. The van der Waals surface area contributed by atoms with Gasteiger partial charge in [0.25, 0.3) is 5.56 Å². The number of benzene rings is 1. The minimum Gasteiger partial charge on any atom is -0.374 e. The molecule has 0 fully saturated rings. The first-order valence-electron chi connectivity index (χ1n) is 6.31. The van der Waals surface area contributed by atoms with Gasteiger partial charge in [0.15, 0.2) is 5.01 Å². The van der Waals surface area contributed by atoms with Crippen molar-refractivity contribution in [2.45, 2.75) is 13.8 Å². The van der Waals surface area contributed by atoms with Crippen LogP contribution in [0.3, 0.4) is 0 Å². The fourth-order valence-corrected chi connectivity index (χ4v) is 2.58. The number of hydrogen-bond donors (Lipinski definition) is 2. The number of nitrogens with two attached hydrogens (primary N) is 1. The summed E-state index contributed by atoms with van der Waals surface area (Å²) in [4.78, 5) is 11.9. The van der Waals surface area contributed by atoms with E-state index in [0.717, 1.165) is 5.56 Å². The molecule has 0 unspecified atom stereocenters. The Bertz CT molecular complexity index is 868. The minimum atomic E-state index is -0.307. The molecule has 0 spiro atoms. The molecule has 3 aromatic rings.